The average Bonchev–Trinajstić information content (AvgIpc) is 2.87. The fourth-order valence-electron chi connectivity index (χ4n) is 1.65. The number of rotatable bonds is 4. The number of esters is 1. The predicted octanol–water partition coefficient (Wildman–Crippen LogP) is 2.76. The van der Waals surface area contributed by atoms with Crippen LogP contribution in [0.5, 0.6) is 0 Å². The summed E-state index contributed by atoms with van der Waals surface area (Å²) in [5.41, 5.74) is 6.85. The summed E-state index contributed by atoms with van der Waals surface area (Å²) in [5.74, 6) is -0.804. The third kappa shape index (κ3) is 2.97. The SMILES string of the molecule is CCOC(=O)c1ccsc1NC(=O)c1ccccc1N. The Morgan fingerprint density at radius 1 is 1.25 bits per heavy atom. The Morgan fingerprint density at radius 2 is 2.00 bits per heavy atom. The zero-order valence-corrected chi connectivity index (χ0v) is 11.7. The van der Waals surface area contributed by atoms with Gasteiger partial charge in [0.25, 0.3) is 5.91 Å². The molecule has 1 heterocycles. The van der Waals surface area contributed by atoms with Crippen molar-refractivity contribution >= 4 is 33.9 Å². The van der Waals surface area contributed by atoms with Gasteiger partial charge in [-0.1, -0.05) is 12.1 Å². The van der Waals surface area contributed by atoms with Crippen LogP contribution in [0.1, 0.15) is 27.6 Å². The van der Waals surface area contributed by atoms with E-state index in [2.05, 4.69) is 5.32 Å². The van der Waals surface area contributed by atoms with Gasteiger partial charge in [0.05, 0.1) is 17.7 Å². The number of ether oxygens (including phenoxy) is 1. The van der Waals surface area contributed by atoms with Crippen molar-refractivity contribution in [1.82, 2.24) is 0 Å². The van der Waals surface area contributed by atoms with E-state index in [1.807, 2.05) is 0 Å². The molecule has 5 nitrogen and oxygen atoms in total. The lowest BCUT2D eigenvalue weighted by atomic mass is 10.1. The summed E-state index contributed by atoms with van der Waals surface area (Å²) in [6.45, 7) is 2.01. The number of para-hydroxylation sites is 1. The quantitative estimate of drug-likeness (QED) is 0.670. The minimum Gasteiger partial charge on any atom is -0.462 e. The Labute approximate surface area is 120 Å². The van der Waals surface area contributed by atoms with Gasteiger partial charge in [-0.15, -0.1) is 11.3 Å². The lowest BCUT2D eigenvalue weighted by Gasteiger charge is -2.07. The molecule has 2 rings (SSSR count). The number of carbonyl (C=O) groups is 2. The first-order valence-corrected chi connectivity index (χ1v) is 6.92. The number of thiophene rings is 1. The van der Waals surface area contributed by atoms with Crippen LogP contribution >= 0.6 is 11.3 Å². The van der Waals surface area contributed by atoms with Crippen LogP contribution in [-0.4, -0.2) is 18.5 Å². The van der Waals surface area contributed by atoms with Crippen LogP contribution in [0.25, 0.3) is 0 Å². The number of amides is 1. The number of carbonyl (C=O) groups excluding carboxylic acids is 2. The maximum Gasteiger partial charge on any atom is 0.341 e. The highest BCUT2D eigenvalue weighted by Crippen LogP contribution is 2.25. The zero-order chi connectivity index (χ0) is 14.5. The first kappa shape index (κ1) is 14.1. The molecular weight excluding hydrogens is 276 g/mol. The Hall–Kier alpha value is -2.34. The van der Waals surface area contributed by atoms with Crippen molar-refractivity contribution in [3.8, 4) is 0 Å². The number of hydrogen-bond donors (Lipinski definition) is 2. The standard InChI is InChI=1S/C14H14N2O3S/c1-2-19-14(18)10-7-8-20-13(10)16-12(17)9-5-3-4-6-11(9)15/h3-8H,2,15H2,1H3,(H,16,17). The molecular formula is C14H14N2O3S. The van der Waals surface area contributed by atoms with Crippen molar-refractivity contribution in [2.45, 2.75) is 6.92 Å². The number of nitrogen functional groups attached to an aromatic ring is 1. The molecule has 1 amide bonds. The molecule has 0 aliphatic heterocycles. The molecule has 6 heteroatoms. The van der Waals surface area contributed by atoms with Gasteiger partial charge in [0.1, 0.15) is 5.00 Å². The number of anilines is 2. The molecule has 0 spiro atoms. The van der Waals surface area contributed by atoms with E-state index in [9.17, 15) is 9.59 Å². The van der Waals surface area contributed by atoms with E-state index < -0.39 is 5.97 Å². The number of hydrogen-bond acceptors (Lipinski definition) is 5. The van der Waals surface area contributed by atoms with Crippen molar-refractivity contribution in [1.29, 1.82) is 0 Å². The van der Waals surface area contributed by atoms with E-state index in [0.29, 0.717) is 21.8 Å². The molecule has 0 aliphatic carbocycles. The van der Waals surface area contributed by atoms with Gasteiger partial charge in [-0.3, -0.25) is 4.79 Å². The maximum absolute atomic E-state index is 12.1. The lowest BCUT2D eigenvalue weighted by Crippen LogP contribution is -2.15. The molecule has 0 unspecified atom stereocenters. The van der Waals surface area contributed by atoms with Crippen molar-refractivity contribution in [3.63, 3.8) is 0 Å². The molecule has 20 heavy (non-hydrogen) atoms. The fraction of sp³-hybridized carbons (Fsp3) is 0.143. The van der Waals surface area contributed by atoms with Crippen molar-refractivity contribution in [2.75, 3.05) is 17.7 Å². The molecule has 2 aromatic rings. The van der Waals surface area contributed by atoms with Crippen molar-refractivity contribution < 1.29 is 14.3 Å². The van der Waals surface area contributed by atoms with E-state index in [0.717, 1.165) is 0 Å². The highest BCUT2D eigenvalue weighted by atomic mass is 32.1. The summed E-state index contributed by atoms with van der Waals surface area (Å²) in [6, 6.07) is 8.37. The highest BCUT2D eigenvalue weighted by Gasteiger charge is 2.17. The van der Waals surface area contributed by atoms with Crippen LogP contribution in [0.3, 0.4) is 0 Å². The minimum atomic E-state index is -0.454. The summed E-state index contributed by atoms with van der Waals surface area (Å²) >= 11 is 1.26. The Kier molecular flexibility index (Phi) is 4.37. The van der Waals surface area contributed by atoms with Gasteiger partial charge in [-0.05, 0) is 30.5 Å². The minimum absolute atomic E-state index is 0.285. The van der Waals surface area contributed by atoms with Gasteiger partial charge in [-0.25, -0.2) is 4.79 Å². The second-order valence-corrected chi connectivity index (χ2v) is 4.84. The van der Waals surface area contributed by atoms with Crippen LogP contribution in [0.4, 0.5) is 10.7 Å². The van der Waals surface area contributed by atoms with Crippen LogP contribution in [-0.2, 0) is 4.74 Å². The number of nitrogens with one attached hydrogen (secondary N) is 1. The van der Waals surface area contributed by atoms with Crippen molar-refractivity contribution in [3.05, 3.63) is 46.8 Å². The lowest BCUT2D eigenvalue weighted by molar-refractivity contribution is 0.0528. The Bertz CT molecular complexity index is 637. The highest BCUT2D eigenvalue weighted by molar-refractivity contribution is 7.14. The van der Waals surface area contributed by atoms with Gasteiger partial charge in [0, 0.05) is 5.69 Å². The maximum atomic E-state index is 12.1. The second kappa shape index (κ2) is 6.21. The molecule has 1 aromatic carbocycles. The molecule has 0 saturated carbocycles. The van der Waals surface area contributed by atoms with E-state index in [-0.39, 0.29) is 12.5 Å². The normalized spacial score (nSPS) is 10.1. The van der Waals surface area contributed by atoms with E-state index in [4.69, 9.17) is 10.5 Å². The summed E-state index contributed by atoms with van der Waals surface area (Å²) in [5, 5.41) is 4.86. The monoisotopic (exact) mass is 290 g/mol. The second-order valence-electron chi connectivity index (χ2n) is 3.93. The van der Waals surface area contributed by atoms with Gasteiger partial charge in [-0.2, -0.15) is 0 Å². The first-order valence-electron chi connectivity index (χ1n) is 6.04. The predicted molar refractivity (Wildman–Crippen MR) is 79.1 cm³/mol. The van der Waals surface area contributed by atoms with Crippen LogP contribution in [0.15, 0.2) is 35.7 Å². The summed E-state index contributed by atoms with van der Waals surface area (Å²) in [4.78, 5) is 23.8. The van der Waals surface area contributed by atoms with Crippen LogP contribution < -0.4 is 11.1 Å². The number of nitrogens with two attached hydrogens (primary N) is 1. The first-order chi connectivity index (χ1) is 9.63. The third-order valence-electron chi connectivity index (χ3n) is 2.59. The molecule has 0 atom stereocenters. The molecule has 0 fully saturated rings. The van der Waals surface area contributed by atoms with E-state index in [1.54, 1.807) is 42.6 Å². The van der Waals surface area contributed by atoms with Gasteiger partial charge in [0.15, 0.2) is 0 Å². The molecule has 1 aromatic heterocycles. The summed E-state index contributed by atoms with van der Waals surface area (Å²) in [6.07, 6.45) is 0. The molecule has 0 saturated heterocycles. The largest absolute Gasteiger partial charge is 0.462 e. The topological polar surface area (TPSA) is 81.4 Å². The summed E-state index contributed by atoms with van der Waals surface area (Å²) in [7, 11) is 0. The van der Waals surface area contributed by atoms with Gasteiger partial charge < -0.3 is 15.8 Å². The molecule has 0 aliphatic rings. The molecule has 0 bridgehead atoms. The molecule has 3 N–H and O–H groups in total. The average molecular weight is 290 g/mol. The number of benzene rings is 1. The smallest absolute Gasteiger partial charge is 0.341 e. The molecule has 104 valence electrons. The Morgan fingerprint density at radius 3 is 2.70 bits per heavy atom. The van der Waals surface area contributed by atoms with E-state index in [1.165, 1.54) is 11.3 Å². The van der Waals surface area contributed by atoms with Crippen LogP contribution in [0, 0.1) is 0 Å². The zero-order valence-electron chi connectivity index (χ0n) is 10.9. The fourth-order valence-corrected chi connectivity index (χ4v) is 2.42. The van der Waals surface area contributed by atoms with Crippen molar-refractivity contribution in [2.24, 2.45) is 0 Å². The van der Waals surface area contributed by atoms with Crippen LogP contribution in [0.2, 0.25) is 0 Å². The molecule has 0 radical (unpaired) electrons. The third-order valence-corrected chi connectivity index (χ3v) is 3.42. The summed E-state index contributed by atoms with van der Waals surface area (Å²) < 4.78 is 4.93. The van der Waals surface area contributed by atoms with Gasteiger partial charge in [0.2, 0.25) is 0 Å². The van der Waals surface area contributed by atoms with E-state index >= 15 is 0 Å². The Balaban J connectivity index is 2.19. The van der Waals surface area contributed by atoms with Gasteiger partial charge >= 0.3 is 5.97 Å².